The van der Waals surface area contributed by atoms with Crippen LogP contribution >= 0.6 is 0 Å². The summed E-state index contributed by atoms with van der Waals surface area (Å²) in [7, 11) is 1.88. The van der Waals surface area contributed by atoms with Crippen LogP contribution in [0.1, 0.15) is 25.0 Å². The molecule has 30 heavy (non-hydrogen) atoms. The molecule has 0 aromatic carbocycles. The van der Waals surface area contributed by atoms with Crippen LogP contribution in [0.4, 0.5) is 0 Å². The second-order valence-corrected chi connectivity index (χ2v) is 8.40. The number of aryl methyl sites for hydroxylation is 1. The molecule has 154 valence electrons. The van der Waals surface area contributed by atoms with Crippen LogP contribution in [0, 0.1) is 28.6 Å². The molecule has 0 radical (unpaired) electrons. The fourth-order valence-corrected chi connectivity index (χ4v) is 4.88. The van der Waals surface area contributed by atoms with Crippen molar-refractivity contribution in [1.82, 2.24) is 24.6 Å². The number of hydrogen-bond donors (Lipinski definition) is 2. The first-order valence-corrected chi connectivity index (χ1v) is 10.3. The lowest BCUT2D eigenvalue weighted by atomic mass is 10.1. The molecule has 1 aliphatic carbocycles. The molecule has 9 heteroatoms. The number of hydrogen-bond acceptors (Lipinski definition) is 4. The second-order valence-electron chi connectivity index (χ2n) is 8.40. The number of nitrogens with one attached hydrogen (secondary N) is 2. The standard InChI is InChI=1S/C21H24N8O/c1-27-9-15(8-26-27)14-5-19(24-7-14)20(25-12-23)28-10-16-2-3-17(11-28)29(16)21(30)18-4-13(18)6-22/h5,7-9,12-13,16-18,23-24H,2-4,10-11H2,1H3/t13-,16?,17?,18+/m0/s1. The number of aromatic nitrogens is 3. The molecule has 2 bridgehead atoms. The van der Waals surface area contributed by atoms with Crippen molar-refractivity contribution in [3.05, 3.63) is 30.4 Å². The number of nitrogens with zero attached hydrogens (tertiary/aromatic N) is 6. The number of amidine groups is 1. The van der Waals surface area contributed by atoms with Crippen molar-refractivity contribution < 1.29 is 4.79 Å². The van der Waals surface area contributed by atoms with Crippen LogP contribution in [0.15, 0.2) is 29.6 Å². The van der Waals surface area contributed by atoms with Gasteiger partial charge in [-0.2, -0.15) is 10.4 Å². The monoisotopic (exact) mass is 404 g/mol. The van der Waals surface area contributed by atoms with Gasteiger partial charge in [-0.25, -0.2) is 4.99 Å². The Hall–Kier alpha value is -3.41. The van der Waals surface area contributed by atoms with E-state index in [1.807, 2.05) is 36.6 Å². The maximum absolute atomic E-state index is 12.9. The van der Waals surface area contributed by atoms with Crippen molar-refractivity contribution in [3.8, 4) is 17.2 Å². The number of H-pyrrole nitrogens is 1. The molecule has 2 N–H and O–H groups in total. The van der Waals surface area contributed by atoms with Crippen LogP contribution in [0.2, 0.25) is 0 Å². The number of carbonyl (C=O) groups is 1. The Morgan fingerprint density at radius 3 is 2.73 bits per heavy atom. The molecule has 3 fully saturated rings. The van der Waals surface area contributed by atoms with E-state index in [-0.39, 0.29) is 29.8 Å². The second kappa shape index (κ2) is 7.13. The molecule has 5 rings (SSSR count). The summed E-state index contributed by atoms with van der Waals surface area (Å²) in [6.45, 7) is 1.39. The first-order valence-electron chi connectivity index (χ1n) is 10.3. The Kier molecular flexibility index (Phi) is 4.42. The van der Waals surface area contributed by atoms with E-state index in [0.717, 1.165) is 41.8 Å². The lowest BCUT2D eigenvalue weighted by molar-refractivity contribution is -0.137. The number of likely N-dealkylation sites (tertiary alicyclic amines) is 1. The van der Waals surface area contributed by atoms with E-state index in [9.17, 15) is 4.79 Å². The Labute approximate surface area is 174 Å². The molecule has 2 aliphatic heterocycles. The summed E-state index contributed by atoms with van der Waals surface area (Å²) in [5, 5.41) is 20.9. The van der Waals surface area contributed by atoms with Crippen molar-refractivity contribution in [2.45, 2.75) is 31.3 Å². The smallest absolute Gasteiger partial charge is 0.227 e. The largest absolute Gasteiger partial charge is 0.358 e. The molecule has 0 spiro atoms. The zero-order chi connectivity index (χ0) is 20.8. The number of piperazine rings is 1. The summed E-state index contributed by atoms with van der Waals surface area (Å²) >= 11 is 0. The highest BCUT2D eigenvalue weighted by Crippen LogP contribution is 2.42. The lowest BCUT2D eigenvalue weighted by Gasteiger charge is -2.42. The van der Waals surface area contributed by atoms with Gasteiger partial charge in [-0.3, -0.25) is 14.9 Å². The van der Waals surface area contributed by atoms with Gasteiger partial charge in [0.2, 0.25) is 5.91 Å². The Bertz CT molecular complexity index is 1050. The van der Waals surface area contributed by atoms with Crippen LogP contribution in [0.5, 0.6) is 0 Å². The van der Waals surface area contributed by atoms with Crippen LogP contribution in [0.25, 0.3) is 11.1 Å². The zero-order valence-corrected chi connectivity index (χ0v) is 16.8. The van der Waals surface area contributed by atoms with Crippen molar-refractivity contribution in [3.63, 3.8) is 0 Å². The number of rotatable bonds is 4. The number of carbonyl (C=O) groups excluding carboxylic acids is 1. The molecule has 2 saturated heterocycles. The maximum atomic E-state index is 12.9. The predicted octanol–water partition coefficient (Wildman–Crippen LogP) is 1.60. The molecule has 2 aromatic heterocycles. The highest BCUT2D eigenvalue weighted by atomic mass is 16.2. The van der Waals surface area contributed by atoms with E-state index < -0.39 is 0 Å². The summed E-state index contributed by atoms with van der Waals surface area (Å²) in [6.07, 6.45) is 9.42. The molecule has 1 saturated carbocycles. The third-order valence-corrected chi connectivity index (χ3v) is 6.46. The quantitative estimate of drug-likeness (QED) is 0.594. The number of aliphatic imine (C=N–C) groups is 1. The van der Waals surface area contributed by atoms with E-state index in [1.54, 1.807) is 4.68 Å². The van der Waals surface area contributed by atoms with Gasteiger partial charge in [0.25, 0.3) is 0 Å². The Morgan fingerprint density at radius 2 is 2.13 bits per heavy atom. The Morgan fingerprint density at radius 1 is 1.37 bits per heavy atom. The van der Waals surface area contributed by atoms with Crippen molar-refractivity contribution in [2.24, 2.45) is 23.9 Å². The SMILES string of the molecule is Cn1cc(-c2c[nH]c(C(=NC=N)N3CC4CCC(C3)N4C(=O)[C@@H]3C[C@H]3C#N)c2)cn1. The third kappa shape index (κ3) is 3.09. The van der Waals surface area contributed by atoms with Crippen LogP contribution in [-0.4, -0.2) is 67.8 Å². The minimum atomic E-state index is -0.107. The van der Waals surface area contributed by atoms with E-state index in [0.29, 0.717) is 19.5 Å². The molecule has 4 atom stereocenters. The highest BCUT2D eigenvalue weighted by molar-refractivity contribution is 6.02. The average molecular weight is 404 g/mol. The molecule has 2 aromatic rings. The summed E-state index contributed by atoms with van der Waals surface area (Å²) in [4.78, 5) is 24.8. The van der Waals surface area contributed by atoms with E-state index in [1.165, 1.54) is 0 Å². The van der Waals surface area contributed by atoms with Gasteiger partial charge in [-0.15, -0.1) is 0 Å². The minimum absolute atomic E-state index is 0.102. The average Bonchev–Trinajstić information content (AvgIpc) is 3.01. The normalized spacial score (nSPS) is 27.8. The van der Waals surface area contributed by atoms with Crippen LogP contribution < -0.4 is 0 Å². The van der Waals surface area contributed by atoms with Gasteiger partial charge < -0.3 is 14.8 Å². The summed E-state index contributed by atoms with van der Waals surface area (Å²) < 4.78 is 1.76. The number of fused-ring (bicyclic) bond motifs is 2. The van der Waals surface area contributed by atoms with Gasteiger partial charge in [-0.1, -0.05) is 0 Å². The molecule has 2 unspecified atom stereocenters. The molecular formula is C21H24N8O. The molecule has 9 nitrogen and oxygen atoms in total. The van der Waals surface area contributed by atoms with Gasteiger partial charge in [0.15, 0.2) is 5.84 Å². The predicted molar refractivity (Wildman–Crippen MR) is 111 cm³/mol. The zero-order valence-electron chi connectivity index (χ0n) is 16.8. The van der Waals surface area contributed by atoms with Crippen molar-refractivity contribution >= 4 is 18.1 Å². The van der Waals surface area contributed by atoms with Gasteiger partial charge in [0, 0.05) is 55.7 Å². The van der Waals surface area contributed by atoms with Crippen LogP contribution in [-0.2, 0) is 11.8 Å². The van der Waals surface area contributed by atoms with Gasteiger partial charge in [0.05, 0.1) is 29.8 Å². The molecule has 1 amide bonds. The number of amides is 1. The molecule has 4 heterocycles. The van der Waals surface area contributed by atoms with Gasteiger partial charge in [-0.05, 0) is 25.3 Å². The third-order valence-electron chi connectivity index (χ3n) is 6.46. The maximum Gasteiger partial charge on any atom is 0.227 e. The van der Waals surface area contributed by atoms with Gasteiger partial charge in [0.1, 0.15) is 6.34 Å². The summed E-state index contributed by atoms with van der Waals surface area (Å²) in [5.41, 5.74) is 2.88. The minimum Gasteiger partial charge on any atom is -0.358 e. The van der Waals surface area contributed by atoms with E-state index >= 15 is 0 Å². The molecular weight excluding hydrogens is 380 g/mol. The highest BCUT2D eigenvalue weighted by Gasteiger charge is 2.51. The summed E-state index contributed by atoms with van der Waals surface area (Å²) in [5.74, 6) is 0.669. The van der Waals surface area contributed by atoms with E-state index in [4.69, 9.17) is 10.7 Å². The molecule has 3 aliphatic rings. The fourth-order valence-electron chi connectivity index (χ4n) is 4.88. The summed E-state index contributed by atoms with van der Waals surface area (Å²) in [6, 6.07) is 4.54. The first-order chi connectivity index (χ1) is 14.6. The fraction of sp³-hybridized carbons (Fsp3) is 0.476. The number of aromatic amines is 1. The lowest BCUT2D eigenvalue weighted by Crippen LogP contribution is -2.57. The topological polar surface area (TPSA) is 117 Å². The van der Waals surface area contributed by atoms with Crippen LogP contribution in [0.3, 0.4) is 0 Å². The van der Waals surface area contributed by atoms with Crippen molar-refractivity contribution in [1.29, 1.82) is 10.7 Å². The van der Waals surface area contributed by atoms with Crippen molar-refractivity contribution in [2.75, 3.05) is 13.1 Å². The first kappa shape index (κ1) is 18.6. The number of nitriles is 1. The Balaban J connectivity index is 1.35. The van der Waals surface area contributed by atoms with E-state index in [2.05, 4.69) is 26.0 Å². The van der Waals surface area contributed by atoms with Gasteiger partial charge >= 0.3 is 0 Å².